The number of carboxylic acids is 1. The second-order valence-corrected chi connectivity index (χ2v) is 7.01. The van der Waals surface area contributed by atoms with Gasteiger partial charge in [-0.2, -0.15) is 0 Å². The van der Waals surface area contributed by atoms with Gasteiger partial charge in [0.25, 0.3) is 0 Å². The summed E-state index contributed by atoms with van der Waals surface area (Å²) in [6.45, 7) is 3.04. The van der Waals surface area contributed by atoms with Crippen LogP contribution in [0.1, 0.15) is 26.7 Å². The second kappa shape index (κ2) is 4.29. The third-order valence-corrected chi connectivity index (χ3v) is 4.84. The number of likely N-dealkylation sites (tertiary alicyclic amines) is 1. The van der Waals surface area contributed by atoms with Crippen LogP contribution in [0.25, 0.3) is 0 Å². The average molecular weight is 263 g/mol. The standard InChI is InChI=1S/C10H17NO5S/c1-7(17(3,15)16)8(12)11-6-4-5-10(11,2)9(13)14/h7H,4-6H2,1-3H3,(H,13,14). The van der Waals surface area contributed by atoms with E-state index in [0.29, 0.717) is 19.4 Å². The Bertz CT molecular complexity index is 444. The summed E-state index contributed by atoms with van der Waals surface area (Å²) >= 11 is 0. The van der Waals surface area contributed by atoms with E-state index < -0.39 is 32.5 Å². The van der Waals surface area contributed by atoms with E-state index in [-0.39, 0.29) is 0 Å². The minimum Gasteiger partial charge on any atom is -0.480 e. The van der Waals surface area contributed by atoms with Crippen LogP contribution in [-0.4, -0.2) is 53.9 Å². The first-order chi connectivity index (χ1) is 7.60. The van der Waals surface area contributed by atoms with Crippen LogP contribution in [0, 0.1) is 0 Å². The molecule has 1 N–H and O–H groups in total. The molecule has 0 bridgehead atoms. The molecular formula is C10H17NO5S. The van der Waals surface area contributed by atoms with Crippen molar-refractivity contribution in [2.24, 2.45) is 0 Å². The number of carbonyl (C=O) groups is 2. The van der Waals surface area contributed by atoms with Crippen LogP contribution >= 0.6 is 0 Å². The summed E-state index contributed by atoms with van der Waals surface area (Å²) in [4.78, 5) is 24.3. The van der Waals surface area contributed by atoms with Gasteiger partial charge in [-0.25, -0.2) is 13.2 Å². The lowest BCUT2D eigenvalue weighted by Gasteiger charge is -2.32. The van der Waals surface area contributed by atoms with Crippen LogP contribution in [0.4, 0.5) is 0 Å². The highest BCUT2D eigenvalue weighted by Crippen LogP contribution is 2.30. The number of nitrogens with zero attached hydrogens (tertiary/aromatic N) is 1. The van der Waals surface area contributed by atoms with Crippen LogP contribution in [0.15, 0.2) is 0 Å². The molecule has 1 fully saturated rings. The molecule has 98 valence electrons. The molecule has 1 amide bonds. The Morgan fingerprint density at radius 2 is 1.94 bits per heavy atom. The summed E-state index contributed by atoms with van der Waals surface area (Å²) in [7, 11) is -3.50. The van der Waals surface area contributed by atoms with E-state index in [4.69, 9.17) is 5.11 Å². The highest BCUT2D eigenvalue weighted by Gasteiger charge is 2.47. The Hall–Kier alpha value is -1.11. The fraction of sp³-hybridized carbons (Fsp3) is 0.800. The summed E-state index contributed by atoms with van der Waals surface area (Å²) in [6, 6.07) is 0. The van der Waals surface area contributed by atoms with Gasteiger partial charge in [-0.1, -0.05) is 0 Å². The van der Waals surface area contributed by atoms with Crippen molar-refractivity contribution in [1.82, 2.24) is 4.90 Å². The van der Waals surface area contributed by atoms with Gasteiger partial charge in [-0.3, -0.25) is 4.79 Å². The molecule has 0 aliphatic carbocycles. The van der Waals surface area contributed by atoms with Gasteiger partial charge in [0, 0.05) is 12.8 Å². The maximum atomic E-state index is 12.0. The summed E-state index contributed by atoms with van der Waals surface area (Å²) in [6.07, 6.45) is 1.90. The van der Waals surface area contributed by atoms with Crippen LogP contribution in [0.5, 0.6) is 0 Å². The molecule has 0 aromatic carbocycles. The first-order valence-electron chi connectivity index (χ1n) is 5.34. The Kier molecular flexibility index (Phi) is 3.52. The van der Waals surface area contributed by atoms with Gasteiger partial charge in [0.15, 0.2) is 9.84 Å². The molecule has 0 saturated carbocycles. The number of rotatable bonds is 3. The average Bonchev–Trinajstić information content (AvgIpc) is 2.58. The first kappa shape index (κ1) is 14.0. The van der Waals surface area contributed by atoms with Crippen molar-refractivity contribution in [3.8, 4) is 0 Å². The van der Waals surface area contributed by atoms with Crippen molar-refractivity contribution in [3.63, 3.8) is 0 Å². The summed E-state index contributed by atoms with van der Waals surface area (Å²) < 4.78 is 22.6. The molecule has 0 radical (unpaired) electrons. The summed E-state index contributed by atoms with van der Waals surface area (Å²) in [5.74, 6) is -1.72. The molecule has 7 heteroatoms. The zero-order valence-corrected chi connectivity index (χ0v) is 11.0. The minimum atomic E-state index is -3.50. The number of sulfone groups is 1. The van der Waals surface area contributed by atoms with E-state index in [0.717, 1.165) is 6.26 Å². The third-order valence-electron chi connectivity index (χ3n) is 3.36. The van der Waals surface area contributed by atoms with E-state index in [1.807, 2.05) is 0 Å². The fourth-order valence-corrected chi connectivity index (χ4v) is 2.43. The first-order valence-corrected chi connectivity index (χ1v) is 7.30. The van der Waals surface area contributed by atoms with Crippen molar-refractivity contribution >= 4 is 21.7 Å². The molecule has 1 rings (SSSR count). The van der Waals surface area contributed by atoms with Crippen LogP contribution in [0.3, 0.4) is 0 Å². The van der Waals surface area contributed by atoms with Gasteiger partial charge in [-0.05, 0) is 26.7 Å². The van der Waals surface area contributed by atoms with E-state index in [1.54, 1.807) is 0 Å². The topological polar surface area (TPSA) is 91.8 Å². The monoisotopic (exact) mass is 263 g/mol. The summed E-state index contributed by atoms with van der Waals surface area (Å²) in [5, 5.41) is 7.94. The van der Waals surface area contributed by atoms with Crippen molar-refractivity contribution in [2.75, 3.05) is 12.8 Å². The largest absolute Gasteiger partial charge is 0.480 e. The Morgan fingerprint density at radius 3 is 2.35 bits per heavy atom. The highest BCUT2D eigenvalue weighted by atomic mass is 32.2. The van der Waals surface area contributed by atoms with Gasteiger partial charge in [0.05, 0.1) is 0 Å². The van der Waals surface area contributed by atoms with Crippen LogP contribution in [-0.2, 0) is 19.4 Å². The van der Waals surface area contributed by atoms with E-state index in [2.05, 4.69) is 0 Å². The van der Waals surface area contributed by atoms with Crippen molar-refractivity contribution in [1.29, 1.82) is 0 Å². The molecule has 0 aromatic heterocycles. The predicted molar refractivity (Wildman–Crippen MR) is 61.3 cm³/mol. The second-order valence-electron chi connectivity index (χ2n) is 4.64. The lowest BCUT2D eigenvalue weighted by Crippen LogP contribution is -2.54. The molecule has 1 aliphatic heterocycles. The quantitative estimate of drug-likeness (QED) is 0.766. The zero-order chi connectivity index (χ0) is 13.4. The van der Waals surface area contributed by atoms with Gasteiger partial charge < -0.3 is 10.0 Å². The van der Waals surface area contributed by atoms with E-state index in [9.17, 15) is 18.0 Å². The van der Waals surface area contributed by atoms with E-state index in [1.165, 1.54) is 18.7 Å². The number of hydrogen-bond donors (Lipinski definition) is 1. The SMILES string of the molecule is CC(C(=O)N1CCCC1(C)C(=O)O)S(C)(=O)=O. The molecule has 1 aliphatic rings. The Labute approximate surface area is 101 Å². The molecule has 0 spiro atoms. The van der Waals surface area contributed by atoms with Gasteiger partial charge in [0.2, 0.25) is 5.91 Å². The number of hydrogen-bond acceptors (Lipinski definition) is 4. The molecule has 2 unspecified atom stereocenters. The normalized spacial score (nSPS) is 26.9. The van der Waals surface area contributed by atoms with Crippen molar-refractivity contribution in [2.45, 2.75) is 37.5 Å². The smallest absolute Gasteiger partial charge is 0.329 e. The Morgan fingerprint density at radius 1 is 1.41 bits per heavy atom. The molecule has 6 nitrogen and oxygen atoms in total. The van der Waals surface area contributed by atoms with Crippen molar-refractivity contribution in [3.05, 3.63) is 0 Å². The predicted octanol–water partition coefficient (Wildman–Crippen LogP) is -0.115. The maximum absolute atomic E-state index is 12.0. The van der Waals surface area contributed by atoms with E-state index >= 15 is 0 Å². The number of carbonyl (C=O) groups excluding carboxylic acids is 1. The molecule has 0 aromatic rings. The number of aliphatic carboxylic acids is 1. The minimum absolute atomic E-state index is 0.293. The van der Waals surface area contributed by atoms with Gasteiger partial charge >= 0.3 is 5.97 Å². The molecular weight excluding hydrogens is 246 g/mol. The molecule has 2 atom stereocenters. The van der Waals surface area contributed by atoms with Gasteiger partial charge in [0.1, 0.15) is 10.8 Å². The summed E-state index contributed by atoms with van der Waals surface area (Å²) in [5.41, 5.74) is -1.28. The third kappa shape index (κ3) is 2.43. The van der Waals surface area contributed by atoms with Gasteiger partial charge in [-0.15, -0.1) is 0 Å². The molecule has 17 heavy (non-hydrogen) atoms. The fourth-order valence-electron chi connectivity index (χ4n) is 1.94. The highest BCUT2D eigenvalue weighted by molar-refractivity contribution is 7.92. The van der Waals surface area contributed by atoms with Crippen molar-refractivity contribution < 1.29 is 23.1 Å². The lowest BCUT2D eigenvalue weighted by molar-refractivity contribution is -0.155. The lowest BCUT2D eigenvalue weighted by atomic mass is 9.99. The maximum Gasteiger partial charge on any atom is 0.329 e. The van der Waals surface area contributed by atoms with Crippen LogP contribution < -0.4 is 0 Å². The number of amides is 1. The Balaban J connectivity index is 3.01. The van der Waals surface area contributed by atoms with Crippen LogP contribution in [0.2, 0.25) is 0 Å². The zero-order valence-electron chi connectivity index (χ0n) is 10.1. The number of carboxylic acid groups (broad SMARTS) is 1. The molecule has 1 heterocycles. The molecule has 1 saturated heterocycles.